The van der Waals surface area contributed by atoms with Gasteiger partial charge in [-0.15, -0.1) is 6.58 Å². The van der Waals surface area contributed by atoms with Crippen molar-refractivity contribution in [3.05, 3.63) is 55.0 Å². The maximum atomic E-state index is 13.6. The van der Waals surface area contributed by atoms with E-state index in [2.05, 4.69) is 26.8 Å². The first-order valence-electron chi connectivity index (χ1n) is 7.91. The van der Waals surface area contributed by atoms with E-state index in [-0.39, 0.29) is 5.82 Å². The van der Waals surface area contributed by atoms with Crippen molar-refractivity contribution >= 4 is 22.4 Å². The van der Waals surface area contributed by atoms with Crippen LogP contribution in [0, 0.1) is 5.82 Å². The number of anilines is 1. The minimum absolute atomic E-state index is 0.252. The molecule has 1 saturated heterocycles. The van der Waals surface area contributed by atoms with Gasteiger partial charge in [-0.25, -0.2) is 9.37 Å². The normalized spacial score (nSPS) is 16.3. The zero-order valence-corrected chi connectivity index (χ0v) is 13.0. The lowest BCUT2D eigenvalue weighted by molar-refractivity contribution is 0.284. The van der Waals surface area contributed by atoms with Gasteiger partial charge in [0.15, 0.2) is 5.82 Å². The number of hydrogen-bond acceptors (Lipinski definition) is 3. The molecule has 0 radical (unpaired) electrons. The van der Waals surface area contributed by atoms with E-state index in [0.717, 1.165) is 49.6 Å². The van der Waals surface area contributed by atoms with Gasteiger partial charge < -0.3 is 9.30 Å². The van der Waals surface area contributed by atoms with Crippen molar-refractivity contribution < 1.29 is 4.39 Å². The van der Waals surface area contributed by atoms with Crippen LogP contribution >= 0.6 is 0 Å². The second kappa shape index (κ2) is 5.66. The van der Waals surface area contributed by atoms with Crippen LogP contribution in [0.3, 0.4) is 0 Å². The monoisotopic (exact) mass is 310 g/mol. The van der Waals surface area contributed by atoms with Crippen LogP contribution in [0.15, 0.2) is 49.2 Å². The molecule has 0 spiro atoms. The average Bonchev–Trinajstić information content (AvgIpc) is 3.04. The van der Waals surface area contributed by atoms with E-state index >= 15 is 0 Å². The smallest absolute Gasteiger partial charge is 0.153 e. The molecule has 4 rings (SSSR count). The van der Waals surface area contributed by atoms with Crippen molar-refractivity contribution in [3.8, 4) is 0 Å². The lowest BCUT2D eigenvalue weighted by atomic mass is 10.2. The van der Waals surface area contributed by atoms with E-state index in [1.165, 1.54) is 12.1 Å². The van der Waals surface area contributed by atoms with Crippen LogP contribution in [0.25, 0.3) is 16.6 Å². The first kappa shape index (κ1) is 14.2. The van der Waals surface area contributed by atoms with Gasteiger partial charge in [-0.3, -0.25) is 4.90 Å². The number of nitrogens with zero attached hydrogens (tertiary/aromatic N) is 4. The molecule has 4 nitrogen and oxygen atoms in total. The molecule has 2 aromatic heterocycles. The van der Waals surface area contributed by atoms with Crippen molar-refractivity contribution in [1.82, 2.24) is 14.3 Å². The highest BCUT2D eigenvalue weighted by Crippen LogP contribution is 2.26. The summed E-state index contributed by atoms with van der Waals surface area (Å²) in [4.78, 5) is 9.42. The van der Waals surface area contributed by atoms with E-state index in [1.54, 1.807) is 6.07 Å². The Labute approximate surface area is 134 Å². The fourth-order valence-electron chi connectivity index (χ4n) is 3.29. The summed E-state index contributed by atoms with van der Waals surface area (Å²) >= 11 is 0. The Kier molecular flexibility index (Phi) is 3.50. The number of aromatic nitrogens is 2. The molecular formula is C18H19FN4. The molecule has 0 bridgehead atoms. The lowest BCUT2D eigenvalue weighted by Gasteiger charge is -2.35. The summed E-state index contributed by atoms with van der Waals surface area (Å²) in [5.41, 5.74) is 2.69. The highest BCUT2D eigenvalue weighted by atomic mass is 19.1. The molecule has 118 valence electrons. The Bertz CT molecular complexity index is 862. The van der Waals surface area contributed by atoms with Gasteiger partial charge in [0.2, 0.25) is 0 Å². The lowest BCUT2D eigenvalue weighted by Crippen LogP contribution is -2.46. The summed E-state index contributed by atoms with van der Waals surface area (Å²) in [6.07, 6.45) is 3.95. The largest absolute Gasteiger partial charge is 0.352 e. The third-order valence-corrected chi connectivity index (χ3v) is 4.46. The minimum atomic E-state index is -0.252. The molecule has 1 aliphatic rings. The van der Waals surface area contributed by atoms with Gasteiger partial charge in [-0.1, -0.05) is 6.08 Å². The first-order valence-corrected chi connectivity index (χ1v) is 7.91. The molecule has 1 fully saturated rings. The standard InChI is InChI=1S/C18H19FN4/c1-2-7-21-9-11-22(12-10-21)18-17-4-3-8-23(17)16-6-5-14(19)13-15(16)20-18/h2-6,8,13H,1,7,9-12H2. The molecule has 3 heterocycles. The quantitative estimate of drug-likeness (QED) is 0.695. The highest BCUT2D eigenvalue weighted by Gasteiger charge is 2.20. The molecule has 23 heavy (non-hydrogen) atoms. The predicted octanol–water partition coefficient (Wildman–Crippen LogP) is 2.93. The third kappa shape index (κ3) is 2.47. The SMILES string of the molecule is C=CCN1CCN(c2nc3cc(F)ccc3n3cccc23)CC1. The van der Waals surface area contributed by atoms with Gasteiger partial charge in [0.05, 0.1) is 16.6 Å². The zero-order chi connectivity index (χ0) is 15.8. The molecule has 1 aromatic carbocycles. The van der Waals surface area contributed by atoms with Gasteiger partial charge in [-0.2, -0.15) is 0 Å². The Morgan fingerprint density at radius 2 is 1.96 bits per heavy atom. The molecule has 0 unspecified atom stereocenters. The Morgan fingerprint density at radius 1 is 1.13 bits per heavy atom. The maximum absolute atomic E-state index is 13.6. The summed E-state index contributed by atoms with van der Waals surface area (Å²) < 4.78 is 15.7. The van der Waals surface area contributed by atoms with Crippen molar-refractivity contribution in [3.63, 3.8) is 0 Å². The Morgan fingerprint density at radius 3 is 2.74 bits per heavy atom. The predicted molar refractivity (Wildman–Crippen MR) is 91.5 cm³/mol. The summed E-state index contributed by atoms with van der Waals surface area (Å²) in [5.74, 6) is 0.685. The summed E-state index contributed by atoms with van der Waals surface area (Å²) in [6, 6.07) is 8.86. The van der Waals surface area contributed by atoms with E-state index in [4.69, 9.17) is 4.98 Å². The van der Waals surface area contributed by atoms with E-state index in [1.807, 2.05) is 18.3 Å². The fraction of sp³-hybridized carbons (Fsp3) is 0.278. The zero-order valence-electron chi connectivity index (χ0n) is 13.0. The second-order valence-corrected chi connectivity index (χ2v) is 5.91. The number of piperazine rings is 1. The third-order valence-electron chi connectivity index (χ3n) is 4.46. The molecule has 0 aliphatic carbocycles. The van der Waals surface area contributed by atoms with E-state index in [9.17, 15) is 4.39 Å². The summed E-state index contributed by atoms with van der Waals surface area (Å²) in [5, 5.41) is 0. The van der Waals surface area contributed by atoms with Crippen LogP contribution in [0.5, 0.6) is 0 Å². The van der Waals surface area contributed by atoms with Gasteiger partial charge >= 0.3 is 0 Å². The number of hydrogen-bond donors (Lipinski definition) is 0. The van der Waals surface area contributed by atoms with E-state index < -0.39 is 0 Å². The Hall–Kier alpha value is -2.40. The molecule has 0 saturated carbocycles. The average molecular weight is 310 g/mol. The van der Waals surface area contributed by atoms with Crippen LogP contribution in [-0.4, -0.2) is 47.0 Å². The molecule has 0 amide bonds. The van der Waals surface area contributed by atoms with Crippen molar-refractivity contribution in [2.75, 3.05) is 37.6 Å². The van der Waals surface area contributed by atoms with Crippen molar-refractivity contribution in [2.45, 2.75) is 0 Å². The van der Waals surface area contributed by atoms with Gasteiger partial charge in [0.25, 0.3) is 0 Å². The van der Waals surface area contributed by atoms with E-state index in [0.29, 0.717) is 5.52 Å². The van der Waals surface area contributed by atoms with Crippen molar-refractivity contribution in [2.24, 2.45) is 0 Å². The number of benzene rings is 1. The van der Waals surface area contributed by atoms with Gasteiger partial charge in [0, 0.05) is 45.0 Å². The van der Waals surface area contributed by atoms with Crippen molar-refractivity contribution in [1.29, 1.82) is 0 Å². The Balaban J connectivity index is 1.76. The topological polar surface area (TPSA) is 23.8 Å². The molecular weight excluding hydrogens is 291 g/mol. The molecule has 0 N–H and O–H groups in total. The number of fused-ring (bicyclic) bond motifs is 3. The van der Waals surface area contributed by atoms with Crippen LogP contribution < -0.4 is 4.90 Å². The second-order valence-electron chi connectivity index (χ2n) is 5.91. The maximum Gasteiger partial charge on any atom is 0.153 e. The number of halogens is 1. The number of rotatable bonds is 3. The van der Waals surface area contributed by atoms with Gasteiger partial charge in [0.1, 0.15) is 5.82 Å². The molecule has 5 heteroatoms. The minimum Gasteiger partial charge on any atom is -0.352 e. The highest BCUT2D eigenvalue weighted by molar-refractivity contribution is 5.85. The molecule has 0 atom stereocenters. The van der Waals surface area contributed by atoms with Crippen LogP contribution in [-0.2, 0) is 0 Å². The van der Waals surface area contributed by atoms with Crippen LogP contribution in [0.4, 0.5) is 10.2 Å². The van der Waals surface area contributed by atoms with Crippen LogP contribution in [0.2, 0.25) is 0 Å². The summed E-state index contributed by atoms with van der Waals surface area (Å²) in [7, 11) is 0. The molecule has 3 aromatic rings. The molecule has 1 aliphatic heterocycles. The van der Waals surface area contributed by atoms with Crippen LogP contribution in [0.1, 0.15) is 0 Å². The first-order chi connectivity index (χ1) is 11.3. The summed E-state index contributed by atoms with van der Waals surface area (Å²) in [6.45, 7) is 8.54. The van der Waals surface area contributed by atoms with Gasteiger partial charge in [-0.05, 0) is 24.3 Å². The fourth-order valence-corrected chi connectivity index (χ4v) is 3.29.